The van der Waals surface area contributed by atoms with Crippen molar-refractivity contribution >= 4 is 17.5 Å². The Morgan fingerprint density at radius 1 is 0.962 bits per heavy atom. The molecular weight excluding hydrogens is 326 g/mol. The lowest BCUT2D eigenvalue weighted by Crippen LogP contribution is -2.34. The largest absolute Gasteiger partial charge is 0.352 e. The molecule has 1 fully saturated rings. The van der Waals surface area contributed by atoms with E-state index in [-0.39, 0.29) is 17.7 Å². The van der Waals surface area contributed by atoms with Crippen molar-refractivity contribution in [3.8, 4) is 0 Å². The smallest absolute Gasteiger partial charge is 0.251 e. The molecule has 3 N–H and O–H groups in total. The first-order chi connectivity index (χ1) is 12.7. The van der Waals surface area contributed by atoms with Gasteiger partial charge < -0.3 is 16.0 Å². The van der Waals surface area contributed by atoms with E-state index in [0.717, 1.165) is 38.0 Å². The number of rotatable bonds is 6. The Kier molecular flexibility index (Phi) is 6.39. The van der Waals surface area contributed by atoms with E-state index in [0.29, 0.717) is 12.1 Å². The van der Waals surface area contributed by atoms with Crippen LogP contribution in [0.4, 0.5) is 5.69 Å². The summed E-state index contributed by atoms with van der Waals surface area (Å²) in [5.41, 5.74) is 2.52. The second-order valence-electron chi connectivity index (χ2n) is 6.58. The standard InChI is InChI=1S/C21H25N3O2/c25-20(23-15-10-16-4-2-1-3-5-16)17-6-8-19(9-7-17)24-21(26)18-11-13-22-14-12-18/h1-9,18,22H,10-15H2,(H,23,25)(H,24,26). The zero-order valence-corrected chi connectivity index (χ0v) is 14.8. The summed E-state index contributed by atoms with van der Waals surface area (Å²) in [5, 5.41) is 9.13. The average molecular weight is 351 g/mol. The van der Waals surface area contributed by atoms with Crippen molar-refractivity contribution in [1.82, 2.24) is 10.6 Å². The van der Waals surface area contributed by atoms with Gasteiger partial charge in [0.15, 0.2) is 0 Å². The molecule has 2 aromatic rings. The molecule has 1 aliphatic rings. The van der Waals surface area contributed by atoms with Gasteiger partial charge in [-0.15, -0.1) is 0 Å². The molecule has 3 rings (SSSR count). The highest BCUT2D eigenvalue weighted by Crippen LogP contribution is 2.16. The molecule has 0 radical (unpaired) electrons. The molecule has 1 saturated heterocycles. The summed E-state index contributed by atoms with van der Waals surface area (Å²) in [6.45, 7) is 2.37. The number of anilines is 1. The molecule has 0 atom stereocenters. The third kappa shape index (κ3) is 5.17. The van der Waals surface area contributed by atoms with Gasteiger partial charge in [-0.1, -0.05) is 30.3 Å². The monoisotopic (exact) mass is 351 g/mol. The normalized spacial score (nSPS) is 14.6. The molecular formula is C21H25N3O2. The molecule has 1 aliphatic heterocycles. The molecule has 2 amide bonds. The van der Waals surface area contributed by atoms with Crippen molar-refractivity contribution < 1.29 is 9.59 Å². The van der Waals surface area contributed by atoms with E-state index in [9.17, 15) is 9.59 Å². The predicted molar refractivity (Wildman–Crippen MR) is 103 cm³/mol. The molecule has 26 heavy (non-hydrogen) atoms. The van der Waals surface area contributed by atoms with Gasteiger partial charge in [-0.25, -0.2) is 0 Å². The van der Waals surface area contributed by atoms with Crippen molar-refractivity contribution in [2.75, 3.05) is 25.0 Å². The first-order valence-electron chi connectivity index (χ1n) is 9.16. The van der Waals surface area contributed by atoms with Crippen LogP contribution >= 0.6 is 0 Å². The molecule has 0 aliphatic carbocycles. The van der Waals surface area contributed by atoms with Crippen LogP contribution in [0.3, 0.4) is 0 Å². The minimum Gasteiger partial charge on any atom is -0.352 e. The molecule has 1 heterocycles. The second-order valence-corrected chi connectivity index (χ2v) is 6.58. The number of amides is 2. The molecule has 136 valence electrons. The van der Waals surface area contributed by atoms with Crippen molar-refractivity contribution in [3.05, 3.63) is 65.7 Å². The van der Waals surface area contributed by atoms with Gasteiger partial charge in [-0.3, -0.25) is 9.59 Å². The fraction of sp³-hybridized carbons (Fsp3) is 0.333. The maximum Gasteiger partial charge on any atom is 0.251 e. The van der Waals surface area contributed by atoms with E-state index in [1.165, 1.54) is 5.56 Å². The third-order valence-corrected chi connectivity index (χ3v) is 4.67. The highest BCUT2D eigenvalue weighted by Gasteiger charge is 2.20. The fourth-order valence-corrected chi connectivity index (χ4v) is 3.10. The van der Waals surface area contributed by atoms with Gasteiger partial charge in [-0.05, 0) is 62.2 Å². The van der Waals surface area contributed by atoms with Crippen LogP contribution in [0.15, 0.2) is 54.6 Å². The quantitative estimate of drug-likeness (QED) is 0.749. The van der Waals surface area contributed by atoms with E-state index in [2.05, 4.69) is 16.0 Å². The van der Waals surface area contributed by atoms with Crippen molar-refractivity contribution in [2.45, 2.75) is 19.3 Å². The summed E-state index contributed by atoms with van der Waals surface area (Å²) in [6, 6.07) is 17.1. The molecule has 0 spiro atoms. The lowest BCUT2D eigenvalue weighted by Gasteiger charge is -2.21. The molecule has 5 nitrogen and oxygen atoms in total. The SMILES string of the molecule is O=C(NCCc1ccccc1)c1ccc(NC(=O)C2CCNCC2)cc1. The van der Waals surface area contributed by atoms with Crippen LogP contribution in [-0.4, -0.2) is 31.4 Å². The minimum atomic E-state index is -0.0998. The molecule has 0 bridgehead atoms. The Morgan fingerprint density at radius 2 is 1.65 bits per heavy atom. The number of piperidine rings is 1. The summed E-state index contributed by atoms with van der Waals surface area (Å²) in [7, 11) is 0. The molecule has 2 aromatic carbocycles. The molecule has 0 unspecified atom stereocenters. The van der Waals surface area contributed by atoms with Gasteiger partial charge in [0.25, 0.3) is 5.91 Å². The Morgan fingerprint density at radius 3 is 2.35 bits per heavy atom. The second kappa shape index (κ2) is 9.15. The summed E-state index contributed by atoms with van der Waals surface area (Å²) in [6.07, 6.45) is 2.54. The van der Waals surface area contributed by atoms with Gasteiger partial charge in [-0.2, -0.15) is 0 Å². The summed E-state index contributed by atoms with van der Waals surface area (Å²) in [5.74, 6) is 0.0286. The summed E-state index contributed by atoms with van der Waals surface area (Å²) in [4.78, 5) is 24.5. The van der Waals surface area contributed by atoms with Crippen molar-refractivity contribution in [3.63, 3.8) is 0 Å². The molecule has 0 aromatic heterocycles. The Hall–Kier alpha value is -2.66. The first-order valence-corrected chi connectivity index (χ1v) is 9.16. The van der Waals surface area contributed by atoms with Gasteiger partial charge in [0, 0.05) is 23.7 Å². The van der Waals surface area contributed by atoms with E-state index in [4.69, 9.17) is 0 Å². The summed E-state index contributed by atoms with van der Waals surface area (Å²) < 4.78 is 0. The van der Waals surface area contributed by atoms with Gasteiger partial charge in [0.1, 0.15) is 0 Å². The Bertz CT molecular complexity index is 723. The highest BCUT2D eigenvalue weighted by atomic mass is 16.2. The third-order valence-electron chi connectivity index (χ3n) is 4.67. The van der Waals surface area contributed by atoms with Gasteiger partial charge in [0.05, 0.1) is 0 Å². The zero-order chi connectivity index (χ0) is 18.2. The average Bonchev–Trinajstić information content (AvgIpc) is 2.70. The van der Waals surface area contributed by atoms with E-state index < -0.39 is 0 Å². The zero-order valence-electron chi connectivity index (χ0n) is 14.8. The van der Waals surface area contributed by atoms with E-state index >= 15 is 0 Å². The lowest BCUT2D eigenvalue weighted by molar-refractivity contribution is -0.120. The highest BCUT2D eigenvalue weighted by molar-refractivity contribution is 5.96. The Labute approximate surface area is 154 Å². The fourth-order valence-electron chi connectivity index (χ4n) is 3.10. The van der Waals surface area contributed by atoms with Crippen LogP contribution < -0.4 is 16.0 Å². The van der Waals surface area contributed by atoms with Crippen LogP contribution in [0.1, 0.15) is 28.8 Å². The van der Waals surface area contributed by atoms with E-state index in [1.807, 2.05) is 30.3 Å². The van der Waals surface area contributed by atoms with Gasteiger partial charge >= 0.3 is 0 Å². The van der Waals surface area contributed by atoms with Crippen LogP contribution in [-0.2, 0) is 11.2 Å². The summed E-state index contributed by atoms with van der Waals surface area (Å²) >= 11 is 0. The number of hydrogen-bond donors (Lipinski definition) is 3. The van der Waals surface area contributed by atoms with Crippen molar-refractivity contribution in [1.29, 1.82) is 0 Å². The van der Waals surface area contributed by atoms with Crippen LogP contribution in [0, 0.1) is 5.92 Å². The number of carbonyl (C=O) groups excluding carboxylic acids is 2. The predicted octanol–water partition coefficient (Wildman–Crippen LogP) is 2.60. The van der Waals surface area contributed by atoms with Gasteiger partial charge in [0.2, 0.25) is 5.91 Å². The van der Waals surface area contributed by atoms with E-state index in [1.54, 1.807) is 24.3 Å². The molecule has 5 heteroatoms. The number of carbonyl (C=O) groups is 2. The topological polar surface area (TPSA) is 70.2 Å². The van der Waals surface area contributed by atoms with Crippen LogP contribution in [0.5, 0.6) is 0 Å². The number of hydrogen-bond acceptors (Lipinski definition) is 3. The first kappa shape index (κ1) is 18.1. The van der Waals surface area contributed by atoms with Crippen LogP contribution in [0.25, 0.3) is 0 Å². The minimum absolute atomic E-state index is 0.0616. The van der Waals surface area contributed by atoms with Crippen molar-refractivity contribution in [2.24, 2.45) is 5.92 Å². The Balaban J connectivity index is 1.47. The maximum absolute atomic E-state index is 12.2. The van der Waals surface area contributed by atoms with Crippen LogP contribution in [0.2, 0.25) is 0 Å². The molecule has 0 saturated carbocycles. The lowest BCUT2D eigenvalue weighted by atomic mass is 9.97. The number of benzene rings is 2. The number of nitrogens with one attached hydrogen (secondary N) is 3. The maximum atomic E-state index is 12.2.